The summed E-state index contributed by atoms with van der Waals surface area (Å²) in [6.07, 6.45) is 0. The van der Waals surface area contributed by atoms with Crippen LogP contribution in [-0.4, -0.2) is 15.5 Å². The molecule has 2 heterocycles. The number of rotatable bonds is 2. The average Bonchev–Trinajstić information content (AvgIpc) is 2.88. The molecule has 0 saturated heterocycles. The molecule has 0 aliphatic rings. The average molecular weight is 335 g/mol. The Hall–Kier alpha value is -3.61. The number of nitrogens with zero attached hydrogens (tertiary/aromatic N) is 1. The lowest BCUT2D eigenvalue weighted by molar-refractivity contribution is 0.102. The monoisotopic (exact) mass is 335 g/mol. The van der Waals surface area contributed by atoms with Crippen LogP contribution in [0.1, 0.15) is 10.4 Å². The molecule has 25 heavy (non-hydrogen) atoms. The molecule has 0 bridgehead atoms. The summed E-state index contributed by atoms with van der Waals surface area (Å²) in [5, 5.41) is 3.32. The molecule has 4 aromatic rings. The number of aromatic nitrogens is 2. The number of imidazole rings is 1. The van der Waals surface area contributed by atoms with E-state index >= 15 is 0 Å². The van der Waals surface area contributed by atoms with E-state index in [0.29, 0.717) is 27.7 Å². The first-order valence-electron chi connectivity index (χ1n) is 7.56. The molecule has 0 aliphatic heterocycles. The Morgan fingerprint density at radius 2 is 1.92 bits per heavy atom. The standard InChI is InChI=1S/C18H13N3O4/c1-21-14-7-6-11(9-13(14)20-18(21)24)19-16(22)12-8-10-4-2-3-5-15(10)25-17(12)23/h2-9H,1H3,(H,19,22)(H,20,24). The second-order valence-electron chi connectivity index (χ2n) is 5.66. The predicted molar refractivity (Wildman–Crippen MR) is 94.0 cm³/mol. The maximum absolute atomic E-state index is 12.4. The van der Waals surface area contributed by atoms with Crippen LogP contribution in [0.5, 0.6) is 0 Å². The highest BCUT2D eigenvalue weighted by Crippen LogP contribution is 2.17. The zero-order valence-corrected chi connectivity index (χ0v) is 13.2. The van der Waals surface area contributed by atoms with Gasteiger partial charge >= 0.3 is 11.3 Å². The maximum atomic E-state index is 12.4. The first-order valence-corrected chi connectivity index (χ1v) is 7.56. The van der Waals surface area contributed by atoms with Crippen molar-refractivity contribution in [2.75, 3.05) is 5.32 Å². The Morgan fingerprint density at radius 1 is 1.12 bits per heavy atom. The SMILES string of the molecule is Cn1c(=O)[nH]c2cc(NC(=O)c3cc4ccccc4oc3=O)ccc21. The fourth-order valence-electron chi connectivity index (χ4n) is 2.73. The summed E-state index contributed by atoms with van der Waals surface area (Å²) in [7, 11) is 1.65. The van der Waals surface area contributed by atoms with Crippen molar-refractivity contribution in [1.29, 1.82) is 0 Å². The fraction of sp³-hybridized carbons (Fsp3) is 0.0556. The molecule has 7 heteroatoms. The van der Waals surface area contributed by atoms with Gasteiger partial charge in [-0.15, -0.1) is 0 Å². The summed E-state index contributed by atoms with van der Waals surface area (Å²) in [5.41, 5.74) is 1.17. The fourth-order valence-corrected chi connectivity index (χ4v) is 2.73. The number of hydrogen-bond acceptors (Lipinski definition) is 4. The van der Waals surface area contributed by atoms with Crippen molar-refractivity contribution in [3.63, 3.8) is 0 Å². The second-order valence-corrected chi connectivity index (χ2v) is 5.66. The normalized spacial score (nSPS) is 11.1. The maximum Gasteiger partial charge on any atom is 0.349 e. The van der Waals surface area contributed by atoms with Crippen LogP contribution in [0.4, 0.5) is 5.69 Å². The van der Waals surface area contributed by atoms with Gasteiger partial charge in [-0.1, -0.05) is 18.2 Å². The summed E-state index contributed by atoms with van der Waals surface area (Å²) < 4.78 is 6.64. The molecular weight excluding hydrogens is 322 g/mol. The Balaban J connectivity index is 1.71. The lowest BCUT2D eigenvalue weighted by atomic mass is 10.1. The van der Waals surface area contributed by atoms with Crippen LogP contribution >= 0.6 is 0 Å². The molecule has 0 unspecified atom stereocenters. The van der Waals surface area contributed by atoms with Gasteiger partial charge in [-0.25, -0.2) is 9.59 Å². The third kappa shape index (κ3) is 2.51. The summed E-state index contributed by atoms with van der Waals surface area (Å²) >= 11 is 0. The molecule has 0 saturated carbocycles. The molecule has 2 aromatic carbocycles. The van der Waals surface area contributed by atoms with Crippen LogP contribution < -0.4 is 16.6 Å². The van der Waals surface area contributed by atoms with Gasteiger partial charge in [0, 0.05) is 18.1 Å². The van der Waals surface area contributed by atoms with Gasteiger partial charge in [-0.2, -0.15) is 0 Å². The van der Waals surface area contributed by atoms with Gasteiger partial charge in [0.2, 0.25) is 0 Å². The molecule has 124 valence electrons. The Morgan fingerprint density at radius 3 is 2.76 bits per heavy atom. The van der Waals surface area contributed by atoms with Crippen molar-refractivity contribution in [1.82, 2.24) is 9.55 Å². The summed E-state index contributed by atoms with van der Waals surface area (Å²) in [4.78, 5) is 38.8. The van der Waals surface area contributed by atoms with Crippen molar-refractivity contribution in [2.45, 2.75) is 0 Å². The third-order valence-electron chi connectivity index (χ3n) is 4.05. The van der Waals surface area contributed by atoms with Gasteiger partial charge < -0.3 is 14.7 Å². The number of carbonyl (C=O) groups is 1. The second kappa shape index (κ2) is 5.48. The number of H-pyrrole nitrogens is 1. The van der Waals surface area contributed by atoms with Crippen LogP contribution in [0.2, 0.25) is 0 Å². The predicted octanol–water partition coefficient (Wildman–Crippen LogP) is 2.23. The minimum atomic E-state index is -0.703. The molecule has 2 N–H and O–H groups in total. The highest BCUT2D eigenvalue weighted by molar-refractivity contribution is 6.06. The molecule has 0 aliphatic carbocycles. The zero-order valence-electron chi connectivity index (χ0n) is 13.2. The van der Waals surface area contributed by atoms with E-state index < -0.39 is 11.5 Å². The van der Waals surface area contributed by atoms with Crippen LogP contribution in [0.3, 0.4) is 0 Å². The molecule has 2 aromatic heterocycles. The Bertz CT molecular complexity index is 1250. The number of nitrogens with one attached hydrogen (secondary N) is 2. The molecule has 0 radical (unpaired) electrons. The number of amides is 1. The smallest absolute Gasteiger partial charge is 0.349 e. The molecular formula is C18H13N3O4. The van der Waals surface area contributed by atoms with Crippen molar-refractivity contribution >= 4 is 33.6 Å². The van der Waals surface area contributed by atoms with Crippen LogP contribution in [0.25, 0.3) is 22.0 Å². The Kier molecular flexibility index (Phi) is 3.28. The topological polar surface area (TPSA) is 97.1 Å². The lowest BCUT2D eigenvalue weighted by Crippen LogP contribution is -2.20. The van der Waals surface area contributed by atoms with E-state index in [1.54, 1.807) is 49.5 Å². The van der Waals surface area contributed by atoms with E-state index in [2.05, 4.69) is 10.3 Å². The quantitative estimate of drug-likeness (QED) is 0.549. The summed E-state index contributed by atoms with van der Waals surface area (Å²) in [6.45, 7) is 0. The van der Waals surface area contributed by atoms with Gasteiger partial charge in [-0.05, 0) is 30.3 Å². The van der Waals surface area contributed by atoms with Crippen molar-refractivity contribution in [3.05, 3.63) is 75.0 Å². The number of aromatic amines is 1. The number of anilines is 1. The minimum absolute atomic E-state index is 0.0830. The van der Waals surface area contributed by atoms with Gasteiger partial charge in [-0.3, -0.25) is 9.36 Å². The van der Waals surface area contributed by atoms with E-state index in [1.165, 1.54) is 10.6 Å². The molecule has 0 fully saturated rings. The number of aryl methyl sites for hydroxylation is 1. The summed E-state index contributed by atoms with van der Waals surface area (Å²) in [5.74, 6) is -0.572. The number of fused-ring (bicyclic) bond motifs is 2. The molecule has 0 spiro atoms. The van der Waals surface area contributed by atoms with Crippen molar-refractivity contribution < 1.29 is 9.21 Å². The zero-order chi connectivity index (χ0) is 17.6. The van der Waals surface area contributed by atoms with Gasteiger partial charge in [0.1, 0.15) is 11.1 Å². The molecule has 4 rings (SSSR count). The highest BCUT2D eigenvalue weighted by atomic mass is 16.4. The van der Waals surface area contributed by atoms with E-state index in [0.717, 1.165) is 0 Å². The van der Waals surface area contributed by atoms with Crippen molar-refractivity contribution in [3.8, 4) is 0 Å². The van der Waals surface area contributed by atoms with Gasteiger partial charge in [0.15, 0.2) is 0 Å². The van der Waals surface area contributed by atoms with Crippen molar-refractivity contribution in [2.24, 2.45) is 7.05 Å². The molecule has 0 atom stereocenters. The Labute approximate surface area is 140 Å². The number of para-hydroxylation sites is 1. The first kappa shape index (κ1) is 14.9. The van der Waals surface area contributed by atoms with Crippen LogP contribution in [0, 0.1) is 0 Å². The largest absolute Gasteiger partial charge is 0.422 e. The molecule has 1 amide bonds. The van der Waals surface area contributed by atoms with E-state index in [4.69, 9.17) is 4.42 Å². The van der Waals surface area contributed by atoms with Gasteiger partial charge in [0.05, 0.1) is 11.0 Å². The number of carbonyl (C=O) groups excluding carboxylic acids is 1. The third-order valence-corrected chi connectivity index (χ3v) is 4.05. The van der Waals surface area contributed by atoms with E-state index in [1.807, 2.05) is 0 Å². The first-order chi connectivity index (χ1) is 12.0. The molecule has 7 nitrogen and oxygen atoms in total. The lowest BCUT2D eigenvalue weighted by Gasteiger charge is -2.05. The highest BCUT2D eigenvalue weighted by Gasteiger charge is 2.14. The summed E-state index contributed by atoms with van der Waals surface area (Å²) in [6, 6.07) is 13.5. The number of hydrogen-bond donors (Lipinski definition) is 2. The van der Waals surface area contributed by atoms with Crippen LogP contribution in [0.15, 0.2) is 62.5 Å². The minimum Gasteiger partial charge on any atom is -0.422 e. The van der Waals surface area contributed by atoms with Gasteiger partial charge in [0.25, 0.3) is 5.91 Å². The van der Waals surface area contributed by atoms with E-state index in [9.17, 15) is 14.4 Å². The van der Waals surface area contributed by atoms with Crippen LogP contribution in [-0.2, 0) is 7.05 Å². The number of benzene rings is 2. The van der Waals surface area contributed by atoms with E-state index in [-0.39, 0.29) is 11.3 Å².